The fourth-order valence-corrected chi connectivity index (χ4v) is 11.8. The predicted molar refractivity (Wildman–Crippen MR) is 290 cm³/mol. The van der Waals surface area contributed by atoms with Gasteiger partial charge >= 0.3 is 0 Å². The maximum Gasteiger partial charge on any atom is 0.227 e. The predicted octanol–water partition coefficient (Wildman–Crippen LogP) is 18.1. The molecule has 0 aliphatic heterocycles. The number of rotatable bonds is 6. The van der Waals surface area contributed by atoms with Crippen molar-refractivity contribution >= 4 is 32.8 Å². The second kappa shape index (κ2) is 15.3. The number of hydrogen-bond acceptors (Lipinski definition) is 3. The van der Waals surface area contributed by atoms with Gasteiger partial charge in [-0.05, 0) is 179 Å². The second-order valence-electron chi connectivity index (χ2n) is 19.0. The summed E-state index contributed by atoms with van der Waals surface area (Å²) in [5.74, 6) is 1.48. The smallest absolute Gasteiger partial charge is 0.227 e. The molecule has 0 fully saturated rings. The number of para-hydroxylation sites is 3. The van der Waals surface area contributed by atoms with Gasteiger partial charge in [0.15, 0.2) is 5.58 Å². The van der Waals surface area contributed by atoms with Crippen molar-refractivity contribution in [2.24, 2.45) is 0 Å². The summed E-state index contributed by atoms with van der Waals surface area (Å²) in [6.07, 6.45) is 0. The molecule has 0 amide bonds. The molecule has 71 heavy (non-hydrogen) atoms. The van der Waals surface area contributed by atoms with Crippen LogP contribution in [0.25, 0.3) is 122 Å². The van der Waals surface area contributed by atoms with Gasteiger partial charge in [-0.15, -0.1) is 0 Å². The minimum absolute atomic E-state index is 0.450. The van der Waals surface area contributed by atoms with E-state index in [0.29, 0.717) is 5.89 Å². The molecule has 2 aliphatic rings. The van der Waals surface area contributed by atoms with Crippen LogP contribution in [-0.4, -0.2) is 4.98 Å². The standard InChI is InChI=1S/C68H41NO2/c1-2-13-49-39-62-58(38-48(49)12-1)57-33-32-50(40-61(57)68(62)59-19-6-4-17-55(59)56-18-5-7-20-60(56)68)46-15-11-16-47(34-46)54-36-52(42-24-28-44(29-25-42)66-41-51-14-3-9-22-64(51)70-66)35-53(37-54)43-26-30-45(31-27-43)67-69-63-21-8-10-23-65(63)71-67/h1-41H. The highest BCUT2D eigenvalue weighted by Crippen LogP contribution is 2.63. The maximum atomic E-state index is 6.26. The van der Waals surface area contributed by atoms with Crippen molar-refractivity contribution in [1.29, 1.82) is 0 Å². The average Bonchev–Trinajstić information content (AvgIpc) is 4.22. The molecule has 3 heteroatoms. The number of benzene rings is 11. The topological polar surface area (TPSA) is 39.2 Å². The van der Waals surface area contributed by atoms with Gasteiger partial charge in [0.1, 0.15) is 16.9 Å². The van der Waals surface area contributed by atoms with Crippen molar-refractivity contribution in [3.05, 3.63) is 271 Å². The van der Waals surface area contributed by atoms with E-state index in [4.69, 9.17) is 13.8 Å². The quantitative estimate of drug-likeness (QED) is 0.167. The molecule has 0 radical (unpaired) electrons. The molecular formula is C68H41NO2. The normalized spacial score (nSPS) is 12.9. The van der Waals surface area contributed by atoms with Crippen LogP contribution < -0.4 is 0 Å². The second-order valence-corrected chi connectivity index (χ2v) is 19.0. The maximum absolute atomic E-state index is 6.26. The lowest BCUT2D eigenvalue weighted by Crippen LogP contribution is -2.25. The Morgan fingerprint density at radius 3 is 1.45 bits per heavy atom. The SMILES string of the molecule is c1cc(-c2cc(-c3ccc(-c4cc5ccccc5o4)cc3)cc(-c3ccc(-c4nc5ccccc5o4)cc3)c2)cc(-c2ccc3c(c2)C2(c4ccccc4-c4ccccc42)c2cc4ccccc4cc2-3)c1. The van der Waals surface area contributed by atoms with Gasteiger partial charge in [-0.25, -0.2) is 4.98 Å². The van der Waals surface area contributed by atoms with Gasteiger partial charge in [-0.3, -0.25) is 0 Å². The molecule has 2 aromatic heterocycles. The fraction of sp³-hybridized carbons (Fsp3) is 0.0147. The van der Waals surface area contributed by atoms with E-state index in [9.17, 15) is 0 Å². The summed E-state index contributed by atoms with van der Waals surface area (Å²) in [6.45, 7) is 0. The van der Waals surface area contributed by atoms with Gasteiger partial charge in [0.25, 0.3) is 0 Å². The molecule has 11 aromatic carbocycles. The van der Waals surface area contributed by atoms with Crippen molar-refractivity contribution in [2.75, 3.05) is 0 Å². The summed E-state index contributed by atoms with van der Waals surface area (Å²) in [6, 6.07) is 90.5. The lowest BCUT2D eigenvalue weighted by Gasteiger charge is -2.31. The fourth-order valence-electron chi connectivity index (χ4n) is 11.8. The summed E-state index contributed by atoms with van der Waals surface area (Å²) in [5.41, 5.74) is 23.8. The van der Waals surface area contributed by atoms with Crippen LogP contribution in [0, 0.1) is 0 Å². The minimum Gasteiger partial charge on any atom is -0.456 e. The van der Waals surface area contributed by atoms with Crippen LogP contribution in [0.2, 0.25) is 0 Å². The molecule has 0 saturated carbocycles. The van der Waals surface area contributed by atoms with Gasteiger partial charge in [0.2, 0.25) is 5.89 Å². The molecule has 3 nitrogen and oxygen atoms in total. The molecule has 0 bridgehead atoms. The first-order valence-corrected chi connectivity index (χ1v) is 24.3. The number of furan rings is 1. The number of hydrogen-bond donors (Lipinski definition) is 0. The van der Waals surface area contributed by atoms with E-state index in [1.165, 1.54) is 66.4 Å². The third kappa shape index (κ3) is 6.13. The Morgan fingerprint density at radius 2 is 0.761 bits per heavy atom. The molecule has 0 atom stereocenters. The van der Waals surface area contributed by atoms with Crippen molar-refractivity contribution in [3.8, 4) is 89.5 Å². The van der Waals surface area contributed by atoms with Crippen molar-refractivity contribution in [1.82, 2.24) is 4.98 Å². The van der Waals surface area contributed by atoms with Crippen LogP contribution in [0.1, 0.15) is 22.3 Å². The highest BCUT2D eigenvalue weighted by Gasteiger charge is 2.51. The first-order chi connectivity index (χ1) is 35.1. The zero-order chi connectivity index (χ0) is 46.6. The van der Waals surface area contributed by atoms with Gasteiger partial charge in [-0.1, -0.05) is 170 Å². The van der Waals surface area contributed by atoms with Crippen LogP contribution in [0.4, 0.5) is 0 Å². The minimum atomic E-state index is -0.450. The molecule has 0 saturated heterocycles. The van der Waals surface area contributed by atoms with E-state index in [1.54, 1.807) is 0 Å². The molecule has 2 aliphatic carbocycles. The molecule has 330 valence electrons. The molecule has 1 spiro atoms. The Hall–Kier alpha value is -9.31. The van der Waals surface area contributed by atoms with Gasteiger partial charge in [0.05, 0.1) is 5.41 Å². The number of oxazole rings is 1. The Kier molecular flexibility index (Phi) is 8.57. The van der Waals surface area contributed by atoms with Crippen molar-refractivity contribution in [3.63, 3.8) is 0 Å². The van der Waals surface area contributed by atoms with E-state index in [0.717, 1.165) is 72.3 Å². The van der Waals surface area contributed by atoms with Crippen LogP contribution in [0.3, 0.4) is 0 Å². The molecule has 13 aromatic rings. The average molecular weight is 904 g/mol. The first kappa shape index (κ1) is 39.7. The zero-order valence-corrected chi connectivity index (χ0v) is 38.4. The van der Waals surface area contributed by atoms with Crippen molar-refractivity contribution < 1.29 is 8.83 Å². The van der Waals surface area contributed by atoms with E-state index >= 15 is 0 Å². The molecular weight excluding hydrogens is 863 g/mol. The summed E-state index contributed by atoms with van der Waals surface area (Å²) in [5, 5.41) is 3.62. The summed E-state index contributed by atoms with van der Waals surface area (Å²) in [4.78, 5) is 4.78. The monoisotopic (exact) mass is 903 g/mol. The molecule has 15 rings (SSSR count). The lowest BCUT2D eigenvalue weighted by molar-refractivity contribution is 0.620. The number of fused-ring (bicyclic) bond motifs is 13. The van der Waals surface area contributed by atoms with Crippen molar-refractivity contribution in [2.45, 2.75) is 5.41 Å². The third-order valence-corrected chi connectivity index (χ3v) is 15.1. The number of aromatic nitrogens is 1. The number of nitrogens with zero attached hydrogens (tertiary/aromatic N) is 1. The summed E-state index contributed by atoms with van der Waals surface area (Å²) in [7, 11) is 0. The van der Waals surface area contributed by atoms with E-state index in [1.807, 2.05) is 42.5 Å². The summed E-state index contributed by atoms with van der Waals surface area (Å²) >= 11 is 0. The Morgan fingerprint density at radius 1 is 0.268 bits per heavy atom. The van der Waals surface area contributed by atoms with Gasteiger partial charge < -0.3 is 8.83 Å². The highest BCUT2D eigenvalue weighted by molar-refractivity contribution is 6.01. The van der Waals surface area contributed by atoms with Crippen LogP contribution in [0.15, 0.2) is 258 Å². The molecule has 0 unspecified atom stereocenters. The first-order valence-electron chi connectivity index (χ1n) is 24.3. The van der Waals surface area contributed by atoms with Gasteiger partial charge in [0, 0.05) is 16.5 Å². The van der Waals surface area contributed by atoms with E-state index < -0.39 is 5.41 Å². The van der Waals surface area contributed by atoms with Gasteiger partial charge in [-0.2, -0.15) is 0 Å². The zero-order valence-electron chi connectivity index (χ0n) is 38.4. The Bertz CT molecular complexity index is 4040. The highest BCUT2D eigenvalue weighted by atomic mass is 16.3. The van der Waals surface area contributed by atoms with Crippen LogP contribution in [0.5, 0.6) is 0 Å². The Balaban J connectivity index is 0.861. The van der Waals surface area contributed by atoms with Crippen LogP contribution in [-0.2, 0) is 5.41 Å². The van der Waals surface area contributed by atoms with E-state index in [-0.39, 0.29) is 0 Å². The van der Waals surface area contributed by atoms with E-state index in [2.05, 4.69) is 206 Å². The lowest BCUT2D eigenvalue weighted by atomic mass is 9.70. The molecule has 0 N–H and O–H groups in total. The largest absolute Gasteiger partial charge is 0.456 e. The third-order valence-electron chi connectivity index (χ3n) is 15.1. The summed E-state index contributed by atoms with van der Waals surface area (Å²) < 4.78 is 12.4. The van der Waals surface area contributed by atoms with Crippen LogP contribution >= 0.6 is 0 Å². The Labute approximate surface area is 410 Å². The molecule has 2 heterocycles.